The van der Waals surface area contributed by atoms with Gasteiger partial charge < -0.3 is 5.32 Å². The molecule has 0 rings (SSSR count). The molecule has 12 heavy (non-hydrogen) atoms. The van der Waals surface area contributed by atoms with E-state index < -0.39 is 10.7 Å². The summed E-state index contributed by atoms with van der Waals surface area (Å²) in [5.74, 6) is 0.265. The van der Waals surface area contributed by atoms with Crippen molar-refractivity contribution in [2.24, 2.45) is 4.36 Å². The molecule has 0 aromatic heterocycles. The quantitative estimate of drug-likeness (QED) is 0.651. The van der Waals surface area contributed by atoms with Crippen molar-refractivity contribution in [3.63, 3.8) is 0 Å². The molecule has 4 nitrogen and oxygen atoms in total. The topological polar surface area (TPSA) is 65.2 Å². The number of carbonyl (C=O) groups is 1. The van der Waals surface area contributed by atoms with Crippen LogP contribution in [0.25, 0.3) is 0 Å². The summed E-state index contributed by atoms with van der Waals surface area (Å²) >= 11 is 0. The van der Waals surface area contributed by atoms with Gasteiger partial charge in [-0.2, -0.15) is 9.62 Å². The molecule has 1 unspecified atom stereocenters. The van der Waals surface area contributed by atoms with Crippen molar-refractivity contribution >= 4 is 16.6 Å². The van der Waals surface area contributed by atoms with E-state index in [0.29, 0.717) is 5.75 Å². The smallest absolute Gasteiger partial charge is 0.231 e. The van der Waals surface area contributed by atoms with E-state index in [-0.39, 0.29) is 11.9 Å². The molecule has 0 saturated carbocycles. The number of hydrogen-bond donors (Lipinski definition) is 1. The molecule has 0 aromatic carbocycles. The Labute approximate surface area is 75.1 Å². The van der Waals surface area contributed by atoms with Crippen molar-refractivity contribution < 1.29 is 4.79 Å². The summed E-state index contributed by atoms with van der Waals surface area (Å²) in [7, 11) is -0.465. The molecule has 5 heteroatoms. The molecule has 68 valence electrons. The van der Waals surface area contributed by atoms with Crippen LogP contribution >= 0.6 is 0 Å². The SMILES string of the molecule is CC(C)NC(=O)C/S(C)=N/C#N. The van der Waals surface area contributed by atoms with Gasteiger partial charge in [0.2, 0.25) is 12.1 Å². The van der Waals surface area contributed by atoms with Gasteiger partial charge in [-0.05, 0) is 20.1 Å². The highest BCUT2D eigenvalue weighted by atomic mass is 32.2. The number of rotatable bonds is 3. The molecule has 0 aliphatic heterocycles. The Hall–Kier alpha value is -0.890. The normalized spacial score (nSPS) is 12.6. The van der Waals surface area contributed by atoms with Crippen LogP contribution in [-0.4, -0.2) is 24.0 Å². The minimum absolute atomic E-state index is 0.0465. The predicted octanol–water partition coefficient (Wildman–Crippen LogP) is 0.424. The van der Waals surface area contributed by atoms with Gasteiger partial charge in [0.05, 0.1) is 5.75 Å². The third-order valence-corrected chi connectivity index (χ3v) is 2.06. The number of nitrogens with zero attached hydrogens (tertiary/aromatic N) is 2. The molecule has 0 heterocycles. The van der Waals surface area contributed by atoms with Crippen molar-refractivity contribution in [1.29, 1.82) is 5.26 Å². The summed E-state index contributed by atoms with van der Waals surface area (Å²) in [5.41, 5.74) is 0. The molecule has 0 spiro atoms. The van der Waals surface area contributed by atoms with Gasteiger partial charge in [-0.25, -0.2) is 0 Å². The first-order valence-electron chi connectivity index (χ1n) is 3.58. The Kier molecular flexibility index (Phi) is 5.30. The molecule has 1 atom stereocenters. The van der Waals surface area contributed by atoms with Gasteiger partial charge in [-0.1, -0.05) is 10.7 Å². The van der Waals surface area contributed by atoms with Crippen molar-refractivity contribution in [2.75, 3.05) is 12.0 Å². The van der Waals surface area contributed by atoms with Gasteiger partial charge in [0.1, 0.15) is 0 Å². The first-order chi connectivity index (χ1) is 5.56. The molecule has 0 aromatic rings. The van der Waals surface area contributed by atoms with E-state index in [9.17, 15) is 4.79 Å². The number of carbonyl (C=O) groups excluding carboxylic acids is 1. The third-order valence-electron chi connectivity index (χ3n) is 0.986. The average Bonchev–Trinajstić information content (AvgIpc) is 1.84. The van der Waals surface area contributed by atoms with Gasteiger partial charge in [-0.15, -0.1) is 0 Å². The summed E-state index contributed by atoms with van der Waals surface area (Å²) < 4.78 is 3.54. The molecule has 0 aliphatic carbocycles. The Morgan fingerprint density at radius 1 is 1.75 bits per heavy atom. The van der Waals surface area contributed by atoms with E-state index in [1.807, 2.05) is 13.8 Å². The molecule has 1 N–H and O–H groups in total. The zero-order chi connectivity index (χ0) is 9.56. The van der Waals surface area contributed by atoms with Crippen LogP contribution in [0.1, 0.15) is 13.8 Å². The molecule has 0 fully saturated rings. The van der Waals surface area contributed by atoms with E-state index in [4.69, 9.17) is 5.26 Å². The van der Waals surface area contributed by atoms with Crippen LogP contribution < -0.4 is 5.32 Å². The van der Waals surface area contributed by atoms with Crippen molar-refractivity contribution in [2.45, 2.75) is 19.9 Å². The molecule has 0 radical (unpaired) electrons. The minimum Gasteiger partial charge on any atom is -0.353 e. The second-order valence-corrected chi connectivity index (χ2v) is 4.33. The number of hydrogen-bond acceptors (Lipinski definition) is 3. The number of amides is 1. The highest BCUT2D eigenvalue weighted by Crippen LogP contribution is 1.84. The van der Waals surface area contributed by atoms with Crippen LogP contribution in [-0.2, 0) is 15.5 Å². The summed E-state index contributed by atoms with van der Waals surface area (Å²) in [6.07, 6.45) is 3.45. The summed E-state index contributed by atoms with van der Waals surface area (Å²) in [5, 5.41) is 10.9. The number of nitrogens with one attached hydrogen (secondary N) is 1. The van der Waals surface area contributed by atoms with Crippen LogP contribution in [0.4, 0.5) is 0 Å². The summed E-state index contributed by atoms with van der Waals surface area (Å²) in [6.45, 7) is 3.79. The van der Waals surface area contributed by atoms with Crippen molar-refractivity contribution in [3.8, 4) is 6.19 Å². The molecule has 0 bridgehead atoms. The lowest BCUT2D eigenvalue weighted by atomic mass is 10.4. The molecular weight excluding hydrogens is 174 g/mol. The Morgan fingerprint density at radius 3 is 2.75 bits per heavy atom. The van der Waals surface area contributed by atoms with E-state index >= 15 is 0 Å². The van der Waals surface area contributed by atoms with Gasteiger partial charge in [0, 0.05) is 6.04 Å². The van der Waals surface area contributed by atoms with Crippen LogP contribution in [0.5, 0.6) is 0 Å². The molecule has 0 saturated heterocycles. The van der Waals surface area contributed by atoms with Gasteiger partial charge in [0.25, 0.3) is 0 Å². The van der Waals surface area contributed by atoms with E-state index in [0.717, 1.165) is 0 Å². The fraction of sp³-hybridized carbons (Fsp3) is 0.714. The van der Waals surface area contributed by atoms with Crippen LogP contribution in [0.3, 0.4) is 0 Å². The maximum atomic E-state index is 11.1. The zero-order valence-electron chi connectivity index (χ0n) is 7.50. The lowest BCUT2D eigenvalue weighted by Gasteiger charge is -2.07. The largest absolute Gasteiger partial charge is 0.353 e. The lowest BCUT2D eigenvalue weighted by molar-refractivity contribution is -0.119. The maximum absolute atomic E-state index is 11.1. The van der Waals surface area contributed by atoms with Crippen LogP contribution in [0, 0.1) is 11.5 Å². The highest BCUT2D eigenvalue weighted by Gasteiger charge is 2.03. The summed E-state index contributed by atoms with van der Waals surface area (Å²) in [6, 6.07) is 0.150. The standard InChI is InChI=1S/C7H13N3OS/c1-6(2)10-7(11)4-12(3)9-5-8/h6H,4H2,1-3H3,(H,10,11). The molecule has 1 amide bonds. The first kappa shape index (κ1) is 11.1. The van der Waals surface area contributed by atoms with E-state index in [1.54, 1.807) is 12.4 Å². The van der Waals surface area contributed by atoms with Crippen molar-refractivity contribution in [3.05, 3.63) is 0 Å². The highest BCUT2D eigenvalue weighted by molar-refractivity contribution is 7.87. The Morgan fingerprint density at radius 2 is 2.33 bits per heavy atom. The van der Waals surface area contributed by atoms with Crippen LogP contribution in [0.15, 0.2) is 4.36 Å². The predicted molar refractivity (Wildman–Crippen MR) is 49.5 cm³/mol. The Bertz CT molecular complexity index is 229. The third kappa shape index (κ3) is 5.86. The van der Waals surface area contributed by atoms with Crippen molar-refractivity contribution in [1.82, 2.24) is 5.32 Å². The van der Waals surface area contributed by atoms with E-state index in [1.165, 1.54) is 0 Å². The molecular formula is C7H13N3OS. The zero-order valence-corrected chi connectivity index (χ0v) is 8.31. The fourth-order valence-corrected chi connectivity index (χ4v) is 1.32. The van der Waals surface area contributed by atoms with Crippen LogP contribution in [0.2, 0.25) is 0 Å². The Balaban J connectivity index is 3.87. The second kappa shape index (κ2) is 5.72. The minimum atomic E-state index is -0.465. The fourth-order valence-electron chi connectivity index (χ4n) is 0.655. The monoisotopic (exact) mass is 187 g/mol. The average molecular weight is 187 g/mol. The first-order valence-corrected chi connectivity index (χ1v) is 5.34. The van der Waals surface area contributed by atoms with Gasteiger partial charge in [0.15, 0.2) is 0 Å². The van der Waals surface area contributed by atoms with Gasteiger partial charge in [-0.3, -0.25) is 4.79 Å². The second-order valence-electron chi connectivity index (χ2n) is 2.66. The number of nitriles is 1. The van der Waals surface area contributed by atoms with E-state index in [2.05, 4.69) is 9.68 Å². The lowest BCUT2D eigenvalue weighted by Crippen LogP contribution is -2.33. The maximum Gasteiger partial charge on any atom is 0.231 e. The van der Waals surface area contributed by atoms with Gasteiger partial charge >= 0.3 is 0 Å². The summed E-state index contributed by atoms with van der Waals surface area (Å²) in [4.78, 5) is 11.1. The molecule has 0 aliphatic rings.